The molecule has 140 valence electrons. The third kappa shape index (κ3) is 2.99. The monoisotopic (exact) mass is 446 g/mol. The van der Waals surface area contributed by atoms with Crippen molar-refractivity contribution in [3.05, 3.63) is 86.4 Å². The van der Waals surface area contributed by atoms with Crippen LogP contribution in [0.2, 0.25) is 0 Å². The lowest BCUT2D eigenvalue weighted by atomic mass is 10.1. The van der Waals surface area contributed by atoms with E-state index in [-0.39, 0.29) is 34.1 Å². The van der Waals surface area contributed by atoms with E-state index in [9.17, 15) is 23.7 Å². The van der Waals surface area contributed by atoms with Gasteiger partial charge in [0.05, 0.1) is 27.9 Å². The lowest BCUT2D eigenvalue weighted by Gasteiger charge is -2.22. The van der Waals surface area contributed by atoms with E-state index < -0.39 is 22.5 Å². The lowest BCUT2D eigenvalue weighted by molar-refractivity contribution is -0.384. The van der Waals surface area contributed by atoms with Gasteiger partial charge < -0.3 is 4.74 Å². The zero-order chi connectivity index (χ0) is 20.0. The highest BCUT2D eigenvalue weighted by atomic mass is 79.9. The van der Waals surface area contributed by atoms with Crippen molar-refractivity contribution in [2.24, 2.45) is 0 Å². The summed E-state index contributed by atoms with van der Waals surface area (Å²) in [4.78, 5) is 24.8. The summed E-state index contributed by atoms with van der Waals surface area (Å²) in [5, 5.41) is 11.1. The van der Waals surface area contributed by atoms with Crippen molar-refractivity contribution in [2.75, 3.05) is 4.90 Å². The van der Waals surface area contributed by atoms with Gasteiger partial charge in [0.15, 0.2) is 5.75 Å². The summed E-state index contributed by atoms with van der Waals surface area (Å²) in [6, 6.07) is 11.1. The van der Waals surface area contributed by atoms with Gasteiger partial charge in [-0.2, -0.15) is 0 Å². The number of anilines is 2. The molecule has 0 saturated heterocycles. The molecular formula is C19H9BrF2N2O4. The van der Waals surface area contributed by atoms with Crippen molar-refractivity contribution in [3.8, 4) is 11.5 Å². The van der Waals surface area contributed by atoms with Crippen LogP contribution in [0, 0.1) is 21.7 Å². The fourth-order valence-electron chi connectivity index (χ4n) is 2.89. The minimum atomic E-state index is -0.962. The molecule has 0 bridgehead atoms. The second-order valence-corrected chi connectivity index (χ2v) is 6.80. The average molecular weight is 447 g/mol. The van der Waals surface area contributed by atoms with Gasteiger partial charge in [-0.15, -0.1) is 0 Å². The van der Waals surface area contributed by atoms with E-state index in [1.165, 1.54) is 24.3 Å². The molecule has 0 atom stereocenters. The van der Waals surface area contributed by atoms with Crippen LogP contribution in [0.1, 0.15) is 10.4 Å². The number of nitro groups is 1. The van der Waals surface area contributed by atoms with Gasteiger partial charge in [0.1, 0.15) is 17.4 Å². The molecule has 6 nitrogen and oxygen atoms in total. The summed E-state index contributed by atoms with van der Waals surface area (Å²) in [6.45, 7) is 0. The Morgan fingerprint density at radius 3 is 2.43 bits per heavy atom. The summed E-state index contributed by atoms with van der Waals surface area (Å²) >= 11 is 3.27. The molecule has 9 heteroatoms. The third-order valence-corrected chi connectivity index (χ3v) is 4.63. The smallest absolute Gasteiger partial charge is 0.273 e. The maximum Gasteiger partial charge on any atom is 0.273 e. The van der Waals surface area contributed by atoms with Crippen molar-refractivity contribution in [3.63, 3.8) is 0 Å². The molecule has 3 aromatic carbocycles. The molecule has 4 rings (SSSR count). The van der Waals surface area contributed by atoms with Crippen LogP contribution in [-0.4, -0.2) is 10.8 Å². The van der Waals surface area contributed by atoms with Crippen LogP contribution < -0.4 is 9.64 Å². The summed E-state index contributed by atoms with van der Waals surface area (Å²) in [6.07, 6.45) is 0. The number of hydrogen-bond donors (Lipinski definition) is 0. The Morgan fingerprint density at radius 1 is 0.964 bits per heavy atom. The van der Waals surface area contributed by atoms with E-state index in [1.807, 2.05) is 0 Å². The fraction of sp³-hybridized carbons (Fsp3) is 0. The molecular weight excluding hydrogens is 438 g/mol. The minimum absolute atomic E-state index is 0.00709. The number of benzene rings is 3. The van der Waals surface area contributed by atoms with Gasteiger partial charge in [-0.1, -0.05) is 15.9 Å². The minimum Gasteiger partial charge on any atom is -0.454 e. The van der Waals surface area contributed by atoms with Gasteiger partial charge in [-0.05, 0) is 36.4 Å². The first-order chi connectivity index (χ1) is 13.3. The number of hydrogen-bond acceptors (Lipinski definition) is 4. The molecule has 0 spiro atoms. The van der Waals surface area contributed by atoms with Gasteiger partial charge in [0.2, 0.25) is 0 Å². The number of carbonyl (C=O) groups excluding carboxylic acids is 1. The number of nitrogens with zero attached hydrogens (tertiary/aromatic N) is 2. The van der Waals surface area contributed by atoms with Crippen LogP contribution in [0.5, 0.6) is 11.5 Å². The van der Waals surface area contributed by atoms with Crippen LogP contribution in [0.25, 0.3) is 0 Å². The Morgan fingerprint density at radius 2 is 1.71 bits per heavy atom. The number of nitro benzene ring substituents is 1. The highest BCUT2D eigenvalue weighted by Crippen LogP contribution is 2.45. The second-order valence-electron chi connectivity index (χ2n) is 5.89. The van der Waals surface area contributed by atoms with Crippen LogP contribution in [0.15, 0.2) is 59.1 Å². The number of rotatable bonds is 2. The normalized spacial score (nSPS) is 12.7. The molecule has 0 saturated carbocycles. The van der Waals surface area contributed by atoms with Crippen LogP contribution in [0.3, 0.4) is 0 Å². The zero-order valence-electron chi connectivity index (χ0n) is 13.9. The number of carbonyl (C=O) groups is 1. The molecule has 0 fully saturated rings. The summed E-state index contributed by atoms with van der Waals surface area (Å²) in [7, 11) is 0. The highest BCUT2D eigenvalue weighted by molar-refractivity contribution is 9.10. The SMILES string of the molecule is O=C1c2cc(Br)ccc2Oc2cc([N+](=O)[O-])ccc2N1c1ccc(F)cc1F. The molecule has 3 aromatic rings. The van der Waals surface area contributed by atoms with Crippen molar-refractivity contribution in [2.45, 2.75) is 0 Å². The Bertz CT molecular complexity index is 1150. The first-order valence-electron chi connectivity index (χ1n) is 7.90. The second kappa shape index (κ2) is 6.68. The number of ether oxygens (including phenoxy) is 1. The van der Waals surface area contributed by atoms with Crippen molar-refractivity contribution in [1.29, 1.82) is 0 Å². The predicted octanol–water partition coefficient (Wildman–Crippen LogP) is 5.72. The largest absolute Gasteiger partial charge is 0.454 e. The molecule has 0 aliphatic carbocycles. The Hall–Kier alpha value is -3.33. The molecule has 1 aliphatic heterocycles. The third-order valence-electron chi connectivity index (χ3n) is 4.14. The maximum absolute atomic E-state index is 14.5. The molecule has 0 aromatic heterocycles. The molecule has 0 unspecified atom stereocenters. The van der Waals surface area contributed by atoms with Crippen LogP contribution >= 0.6 is 15.9 Å². The van der Waals surface area contributed by atoms with Gasteiger partial charge in [0, 0.05) is 16.6 Å². The molecule has 0 N–H and O–H groups in total. The maximum atomic E-state index is 14.5. The van der Waals surface area contributed by atoms with Crippen molar-refractivity contribution in [1.82, 2.24) is 0 Å². The first kappa shape index (κ1) is 18.1. The molecule has 28 heavy (non-hydrogen) atoms. The van der Waals surface area contributed by atoms with E-state index >= 15 is 0 Å². The van der Waals surface area contributed by atoms with E-state index in [0.717, 1.165) is 23.1 Å². The number of halogens is 3. The van der Waals surface area contributed by atoms with E-state index in [2.05, 4.69) is 15.9 Å². The number of amides is 1. The molecule has 1 amide bonds. The molecule has 1 heterocycles. The Balaban J connectivity index is 2.00. The zero-order valence-corrected chi connectivity index (χ0v) is 15.4. The molecule has 1 aliphatic rings. The Kier molecular flexibility index (Phi) is 4.31. The van der Waals surface area contributed by atoms with Crippen molar-refractivity contribution >= 4 is 38.9 Å². The Labute approximate surface area is 165 Å². The first-order valence-corrected chi connectivity index (χ1v) is 8.70. The van der Waals surface area contributed by atoms with E-state index in [1.54, 1.807) is 6.07 Å². The standard InChI is InChI=1S/C19H9BrF2N2O4/c20-10-1-6-17-13(7-10)19(25)23(15-4-2-11(21)8-14(15)22)16-5-3-12(24(26)27)9-18(16)28-17/h1-9H. The highest BCUT2D eigenvalue weighted by Gasteiger charge is 2.32. The number of non-ortho nitro benzene ring substituents is 1. The number of fused-ring (bicyclic) bond motifs is 2. The van der Waals surface area contributed by atoms with Gasteiger partial charge in [-0.3, -0.25) is 19.8 Å². The van der Waals surface area contributed by atoms with Gasteiger partial charge >= 0.3 is 0 Å². The fourth-order valence-corrected chi connectivity index (χ4v) is 3.25. The van der Waals surface area contributed by atoms with Crippen LogP contribution in [-0.2, 0) is 0 Å². The van der Waals surface area contributed by atoms with Gasteiger partial charge in [0.25, 0.3) is 11.6 Å². The van der Waals surface area contributed by atoms with Crippen LogP contribution in [0.4, 0.5) is 25.8 Å². The van der Waals surface area contributed by atoms with E-state index in [4.69, 9.17) is 4.74 Å². The topological polar surface area (TPSA) is 72.7 Å². The van der Waals surface area contributed by atoms with Gasteiger partial charge in [-0.25, -0.2) is 8.78 Å². The molecule has 0 radical (unpaired) electrons. The summed E-state index contributed by atoms with van der Waals surface area (Å²) in [5.74, 6) is -2.25. The van der Waals surface area contributed by atoms with E-state index in [0.29, 0.717) is 10.5 Å². The quantitative estimate of drug-likeness (QED) is 0.372. The van der Waals surface area contributed by atoms with Crippen molar-refractivity contribution < 1.29 is 23.2 Å². The lowest BCUT2D eigenvalue weighted by Crippen LogP contribution is -2.26. The predicted molar refractivity (Wildman–Crippen MR) is 100 cm³/mol. The summed E-state index contributed by atoms with van der Waals surface area (Å²) < 4.78 is 34.2. The average Bonchev–Trinajstić information content (AvgIpc) is 2.76. The summed E-state index contributed by atoms with van der Waals surface area (Å²) in [5.41, 5.74) is -0.269.